The molecule has 102 valence electrons. The molecule has 4 heteroatoms. The number of benzene rings is 1. The second-order valence-electron chi connectivity index (χ2n) is 4.94. The fourth-order valence-corrected chi connectivity index (χ4v) is 2.01. The van der Waals surface area contributed by atoms with Crippen molar-refractivity contribution in [3.63, 3.8) is 0 Å². The lowest BCUT2D eigenvalue weighted by Crippen LogP contribution is -2.33. The number of ether oxygens (including phenoxy) is 1. The quantitative estimate of drug-likeness (QED) is 0.827. The van der Waals surface area contributed by atoms with Gasteiger partial charge in [-0.25, -0.2) is 0 Å². The average molecular weight is 261 g/mol. The van der Waals surface area contributed by atoms with Crippen molar-refractivity contribution in [3.8, 4) is 0 Å². The molecule has 4 nitrogen and oxygen atoms in total. The molecular formula is C15H19NO3. The van der Waals surface area contributed by atoms with Gasteiger partial charge in [-0.15, -0.1) is 0 Å². The normalized spacial score (nSPS) is 16.3. The summed E-state index contributed by atoms with van der Waals surface area (Å²) in [6.07, 6.45) is 2.86. The average Bonchev–Trinajstić information content (AvgIpc) is 2.35. The van der Waals surface area contributed by atoms with Gasteiger partial charge in [0.15, 0.2) is 6.61 Å². The first kappa shape index (κ1) is 13.6. The van der Waals surface area contributed by atoms with Crippen molar-refractivity contribution in [2.45, 2.75) is 32.2 Å². The molecule has 1 aromatic carbocycles. The molecule has 2 rings (SSSR count). The third-order valence-electron chi connectivity index (χ3n) is 3.46. The molecule has 0 aromatic heterocycles. The number of nitrogens with one attached hydrogen (secondary N) is 1. The van der Waals surface area contributed by atoms with E-state index in [2.05, 4.69) is 5.32 Å². The fraction of sp³-hybridized carbons (Fsp3) is 0.467. The smallest absolute Gasteiger partial charge is 0.309 e. The van der Waals surface area contributed by atoms with E-state index in [1.165, 1.54) is 0 Å². The van der Waals surface area contributed by atoms with E-state index in [-0.39, 0.29) is 30.4 Å². The lowest BCUT2D eigenvalue weighted by Gasteiger charge is -2.23. The molecule has 1 aliphatic carbocycles. The Morgan fingerprint density at radius 3 is 2.58 bits per heavy atom. The van der Waals surface area contributed by atoms with Crippen LogP contribution in [0.25, 0.3) is 0 Å². The van der Waals surface area contributed by atoms with Gasteiger partial charge in [-0.2, -0.15) is 0 Å². The molecule has 0 bridgehead atoms. The molecule has 0 aliphatic heterocycles. The second kappa shape index (κ2) is 6.36. The lowest BCUT2D eigenvalue weighted by atomic mass is 9.86. The Bertz CT molecular complexity index is 440. The molecule has 1 amide bonds. The zero-order valence-electron chi connectivity index (χ0n) is 11.1. The van der Waals surface area contributed by atoms with E-state index < -0.39 is 0 Å². The molecule has 0 spiro atoms. The van der Waals surface area contributed by atoms with Crippen LogP contribution in [-0.2, 0) is 14.3 Å². The van der Waals surface area contributed by atoms with Gasteiger partial charge >= 0.3 is 5.97 Å². The van der Waals surface area contributed by atoms with Gasteiger partial charge in [-0.05, 0) is 25.3 Å². The first-order chi connectivity index (χ1) is 9.16. The van der Waals surface area contributed by atoms with E-state index in [1.54, 1.807) is 0 Å². The predicted octanol–water partition coefficient (Wildman–Crippen LogP) is 2.21. The molecule has 0 unspecified atom stereocenters. The van der Waals surface area contributed by atoms with Crippen molar-refractivity contribution in [3.05, 3.63) is 35.9 Å². The highest BCUT2D eigenvalue weighted by Crippen LogP contribution is 2.27. The van der Waals surface area contributed by atoms with E-state index in [1.807, 2.05) is 37.3 Å². The summed E-state index contributed by atoms with van der Waals surface area (Å²) in [5.41, 5.74) is 1.03. The van der Waals surface area contributed by atoms with Crippen LogP contribution in [0.2, 0.25) is 0 Å². The van der Waals surface area contributed by atoms with E-state index in [9.17, 15) is 9.59 Å². The van der Waals surface area contributed by atoms with Gasteiger partial charge in [0, 0.05) is 0 Å². The van der Waals surface area contributed by atoms with Crippen molar-refractivity contribution < 1.29 is 14.3 Å². The molecule has 1 aromatic rings. The zero-order valence-corrected chi connectivity index (χ0v) is 11.1. The molecule has 0 radical (unpaired) electrons. The van der Waals surface area contributed by atoms with E-state index in [0.717, 1.165) is 24.8 Å². The number of amides is 1. The van der Waals surface area contributed by atoms with Crippen LogP contribution < -0.4 is 5.32 Å². The third kappa shape index (κ3) is 3.81. The predicted molar refractivity (Wildman–Crippen MR) is 71.3 cm³/mol. The second-order valence-corrected chi connectivity index (χ2v) is 4.94. The molecule has 1 atom stereocenters. The van der Waals surface area contributed by atoms with Crippen molar-refractivity contribution >= 4 is 11.9 Å². The molecule has 19 heavy (non-hydrogen) atoms. The summed E-state index contributed by atoms with van der Waals surface area (Å²) in [6, 6.07) is 9.59. The van der Waals surface area contributed by atoms with Crippen LogP contribution in [0.3, 0.4) is 0 Å². The number of esters is 1. The van der Waals surface area contributed by atoms with E-state index >= 15 is 0 Å². The summed E-state index contributed by atoms with van der Waals surface area (Å²) >= 11 is 0. The highest BCUT2D eigenvalue weighted by molar-refractivity contribution is 5.81. The highest BCUT2D eigenvalue weighted by atomic mass is 16.5. The summed E-state index contributed by atoms with van der Waals surface area (Å²) in [7, 11) is 0. The molecule has 1 fully saturated rings. The van der Waals surface area contributed by atoms with Gasteiger partial charge in [0.2, 0.25) is 0 Å². The Kier molecular flexibility index (Phi) is 4.55. The Morgan fingerprint density at radius 1 is 1.32 bits per heavy atom. The Balaban J connectivity index is 1.73. The topological polar surface area (TPSA) is 55.4 Å². The van der Waals surface area contributed by atoms with Crippen LogP contribution in [0.15, 0.2) is 30.3 Å². The van der Waals surface area contributed by atoms with Crippen LogP contribution in [-0.4, -0.2) is 18.5 Å². The maximum atomic E-state index is 11.7. The number of rotatable bonds is 5. The Labute approximate surface area is 113 Å². The van der Waals surface area contributed by atoms with Gasteiger partial charge in [-0.1, -0.05) is 36.8 Å². The summed E-state index contributed by atoms with van der Waals surface area (Å²) in [4.78, 5) is 23.2. The summed E-state index contributed by atoms with van der Waals surface area (Å²) in [5.74, 6) is -0.489. The minimum Gasteiger partial charge on any atom is -0.455 e. The van der Waals surface area contributed by atoms with Gasteiger partial charge in [0.05, 0.1) is 12.0 Å². The first-order valence-electron chi connectivity index (χ1n) is 6.68. The lowest BCUT2D eigenvalue weighted by molar-refractivity contribution is -0.155. The minimum absolute atomic E-state index is 0.0133. The third-order valence-corrected chi connectivity index (χ3v) is 3.46. The standard InChI is InChI=1S/C15H19NO3/c1-11(12-6-3-2-4-7-12)16-14(17)10-19-15(18)13-8-5-9-13/h2-4,6-7,11,13H,5,8-10H2,1H3,(H,16,17)/t11-/m0/s1. The number of carbonyl (C=O) groups excluding carboxylic acids is 2. The monoisotopic (exact) mass is 261 g/mol. The summed E-state index contributed by atoms with van der Waals surface area (Å²) in [5, 5.41) is 2.81. The Morgan fingerprint density at radius 2 is 2.00 bits per heavy atom. The maximum absolute atomic E-state index is 11.7. The van der Waals surface area contributed by atoms with Crippen molar-refractivity contribution in [1.82, 2.24) is 5.32 Å². The van der Waals surface area contributed by atoms with Crippen molar-refractivity contribution in [2.24, 2.45) is 5.92 Å². The van der Waals surface area contributed by atoms with Crippen molar-refractivity contribution in [1.29, 1.82) is 0 Å². The van der Waals surface area contributed by atoms with Crippen LogP contribution in [0.4, 0.5) is 0 Å². The van der Waals surface area contributed by atoms with Crippen LogP contribution in [0, 0.1) is 5.92 Å². The summed E-state index contributed by atoms with van der Waals surface area (Å²) < 4.78 is 4.99. The van der Waals surface area contributed by atoms with E-state index in [4.69, 9.17) is 4.74 Å². The van der Waals surface area contributed by atoms with Gasteiger partial charge < -0.3 is 10.1 Å². The number of hydrogen-bond acceptors (Lipinski definition) is 3. The van der Waals surface area contributed by atoms with Crippen LogP contribution in [0.5, 0.6) is 0 Å². The molecule has 0 saturated heterocycles. The fourth-order valence-electron chi connectivity index (χ4n) is 2.01. The Hall–Kier alpha value is -1.84. The SMILES string of the molecule is C[C@H](NC(=O)COC(=O)C1CCC1)c1ccccc1. The molecule has 1 saturated carbocycles. The minimum atomic E-state index is -0.260. The molecule has 1 N–H and O–H groups in total. The van der Waals surface area contributed by atoms with Gasteiger partial charge in [0.25, 0.3) is 5.91 Å². The number of carbonyl (C=O) groups is 2. The van der Waals surface area contributed by atoms with Crippen LogP contribution >= 0.6 is 0 Å². The van der Waals surface area contributed by atoms with Gasteiger partial charge in [-0.3, -0.25) is 9.59 Å². The zero-order chi connectivity index (χ0) is 13.7. The molecular weight excluding hydrogens is 242 g/mol. The first-order valence-corrected chi connectivity index (χ1v) is 6.68. The largest absolute Gasteiger partial charge is 0.455 e. The highest BCUT2D eigenvalue weighted by Gasteiger charge is 2.27. The number of hydrogen-bond donors (Lipinski definition) is 1. The summed E-state index contributed by atoms with van der Waals surface area (Å²) in [6.45, 7) is 1.72. The van der Waals surface area contributed by atoms with Gasteiger partial charge in [0.1, 0.15) is 0 Å². The van der Waals surface area contributed by atoms with Crippen molar-refractivity contribution in [2.75, 3.05) is 6.61 Å². The molecule has 1 aliphatic rings. The molecule has 0 heterocycles. The van der Waals surface area contributed by atoms with Crippen LogP contribution in [0.1, 0.15) is 37.8 Å². The maximum Gasteiger partial charge on any atom is 0.309 e. The van der Waals surface area contributed by atoms with E-state index in [0.29, 0.717) is 0 Å².